The first-order valence-electron chi connectivity index (χ1n) is 7.13. The van der Waals surface area contributed by atoms with Gasteiger partial charge in [0.05, 0.1) is 23.9 Å². The largest absolute Gasteiger partial charge is 0.459 e. The highest BCUT2D eigenvalue weighted by Gasteiger charge is 2.01. The van der Waals surface area contributed by atoms with E-state index >= 15 is 0 Å². The number of nitrogens with zero attached hydrogens (tertiary/aromatic N) is 1. The summed E-state index contributed by atoms with van der Waals surface area (Å²) in [5.41, 5.74) is 1.90. The Labute approximate surface area is 143 Å². The standard InChI is InChI=1S/C15H15NO3S.C2H6.CH4/c1-11-3-7-15(8-4-11)20-19-14-6-5-13(16-9-14)10-18-12(2)17;1-2;/h3-9H,10H2,1-2H3;1-2H3;1H4. The molecular formula is C18H25NO3S. The lowest BCUT2D eigenvalue weighted by molar-refractivity contribution is -0.142. The average molecular weight is 335 g/mol. The molecule has 0 aliphatic heterocycles. The molecule has 0 saturated carbocycles. The minimum Gasteiger partial charge on any atom is -0.459 e. The third-order valence-electron chi connectivity index (χ3n) is 2.48. The van der Waals surface area contributed by atoms with E-state index in [1.165, 1.54) is 24.5 Å². The maximum Gasteiger partial charge on any atom is 0.303 e. The summed E-state index contributed by atoms with van der Waals surface area (Å²) in [4.78, 5) is 15.9. The number of benzene rings is 1. The number of carbonyl (C=O) groups is 1. The lowest BCUT2D eigenvalue weighted by Crippen LogP contribution is -2.00. The number of aromatic nitrogens is 1. The predicted molar refractivity (Wildman–Crippen MR) is 95.5 cm³/mol. The van der Waals surface area contributed by atoms with Gasteiger partial charge in [-0.25, -0.2) is 0 Å². The molecule has 0 atom stereocenters. The van der Waals surface area contributed by atoms with Gasteiger partial charge in [0.15, 0.2) is 5.75 Å². The van der Waals surface area contributed by atoms with Crippen molar-refractivity contribution >= 4 is 18.0 Å². The fraction of sp³-hybridized carbons (Fsp3) is 0.333. The average Bonchev–Trinajstić information content (AvgIpc) is 2.55. The first kappa shape index (κ1) is 21.0. The summed E-state index contributed by atoms with van der Waals surface area (Å²) in [7, 11) is 0. The van der Waals surface area contributed by atoms with Crippen LogP contribution in [0.15, 0.2) is 47.5 Å². The predicted octanol–water partition coefficient (Wildman–Crippen LogP) is 5.20. The van der Waals surface area contributed by atoms with Crippen molar-refractivity contribution in [3.63, 3.8) is 0 Å². The van der Waals surface area contributed by atoms with Gasteiger partial charge in [0.2, 0.25) is 0 Å². The van der Waals surface area contributed by atoms with Crippen molar-refractivity contribution in [3.8, 4) is 5.75 Å². The van der Waals surface area contributed by atoms with Crippen LogP contribution in [0.3, 0.4) is 0 Å². The molecule has 1 aromatic carbocycles. The summed E-state index contributed by atoms with van der Waals surface area (Å²) in [6.07, 6.45) is 1.61. The quantitative estimate of drug-likeness (QED) is 0.555. The van der Waals surface area contributed by atoms with Gasteiger partial charge in [-0.2, -0.15) is 0 Å². The molecule has 2 rings (SSSR count). The van der Waals surface area contributed by atoms with Crippen LogP contribution < -0.4 is 4.18 Å². The maximum atomic E-state index is 10.7. The fourth-order valence-electron chi connectivity index (χ4n) is 1.41. The molecule has 126 valence electrons. The highest BCUT2D eigenvalue weighted by molar-refractivity contribution is 7.95. The molecule has 0 fully saturated rings. The zero-order chi connectivity index (χ0) is 16.4. The van der Waals surface area contributed by atoms with Crippen molar-refractivity contribution in [1.29, 1.82) is 0 Å². The van der Waals surface area contributed by atoms with Gasteiger partial charge in [-0.15, -0.1) is 0 Å². The molecule has 23 heavy (non-hydrogen) atoms. The van der Waals surface area contributed by atoms with E-state index in [9.17, 15) is 4.79 Å². The molecule has 0 saturated heterocycles. The van der Waals surface area contributed by atoms with Gasteiger partial charge in [0.1, 0.15) is 6.61 Å². The molecule has 5 heteroatoms. The van der Waals surface area contributed by atoms with Gasteiger partial charge in [-0.3, -0.25) is 9.78 Å². The van der Waals surface area contributed by atoms with Gasteiger partial charge < -0.3 is 8.92 Å². The van der Waals surface area contributed by atoms with Crippen molar-refractivity contribution < 1.29 is 13.7 Å². The van der Waals surface area contributed by atoms with E-state index in [1.807, 2.05) is 45.0 Å². The lowest BCUT2D eigenvalue weighted by atomic mass is 10.2. The van der Waals surface area contributed by atoms with Crippen LogP contribution in [-0.2, 0) is 16.1 Å². The van der Waals surface area contributed by atoms with Crippen molar-refractivity contribution in [2.45, 2.75) is 46.6 Å². The molecule has 0 bridgehead atoms. The van der Waals surface area contributed by atoms with Crippen LogP contribution >= 0.6 is 12.0 Å². The summed E-state index contributed by atoms with van der Waals surface area (Å²) in [5.74, 6) is 0.337. The van der Waals surface area contributed by atoms with Gasteiger partial charge in [0.25, 0.3) is 0 Å². The Morgan fingerprint density at radius 1 is 1.13 bits per heavy atom. The monoisotopic (exact) mass is 335 g/mol. The molecule has 1 aromatic heterocycles. The molecule has 0 aliphatic rings. The number of hydrogen-bond donors (Lipinski definition) is 0. The molecule has 2 aromatic rings. The van der Waals surface area contributed by atoms with Crippen LogP contribution in [0.1, 0.15) is 39.5 Å². The lowest BCUT2D eigenvalue weighted by Gasteiger charge is -2.05. The minimum absolute atomic E-state index is 0. The number of ether oxygens (including phenoxy) is 1. The van der Waals surface area contributed by atoms with Gasteiger partial charge in [-0.1, -0.05) is 39.0 Å². The molecule has 0 spiro atoms. The van der Waals surface area contributed by atoms with Crippen LogP contribution in [0.4, 0.5) is 0 Å². The van der Waals surface area contributed by atoms with E-state index in [-0.39, 0.29) is 20.0 Å². The number of rotatable bonds is 5. The smallest absolute Gasteiger partial charge is 0.303 e. The normalized spacial score (nSPS) is 9.04. The van der Waals surface area contributed by atoms with Crippen molar-refractivity contribution in [3.05, 3.63) is 53.9 Å². The van der Waals surface area contributed by atoms with E-state index in [2.05, 4.69) is 4.98 Å². The molecule has 0 aliphatic carbocycles. The maximum absolute atomic E-state index is 10.7. The van der Waals surface area contributed by atoms with Crippen molar-refractivity contribution in [2.24, 2.45) is 0 Å². The topological polar surface area (TPSA) is 48.4 Å². The second kappa shape index (κ2) is 11.5. The van der Waals surface area contributed by atoms with Crippen LogP contribution in [0, 0.1) is 6.92 Å². The van der Waals surface area contributed by atoms with Crippen molar-refractivity contribution in [1.82, 2.24) is 4.98 Å². The Bertz CT molecular complexity index is 568. The Hall–Kier alpha value is -2.01. The van der Waals surface area contributed by atoms with E-state index in [0.717, 1.165) is 4.90 Å². The third-order valence-corrected chi connectivity index (χ3v) is 3.22. The number of pyridine rings is 1. The zero-order valence-corrected chi connectivity index (χ0v) is 14.1. The first-order chi connectivity index (χ1) is 10.6. The Kier molecular flexibility index (Phi) is 10.5. The molecular weight excluding hydrogens is 310 g/mol. The van der Waals surface area contributed by atoms with Crippen LogP contribution in [0.2, 0.25) is 0 Å². The first-order valence-corrected chi connectivity index (χ1v) is 7.87. The number of esters is 1. The van der Waals surface area contributed by atoms with Crippen LogP contribution in [0.5, 0.6) is 5.75 Å². The molecule has 0 amide bonds. The van der Waals surface area contributed by atoms with Crippen molar-refractivity contribution in [2.75, 3.05) is 0 Å². The second-order valence-corrected chi connectivity index (χ2v) is 5.05. The second-order valence-electron chi connectivity index (χ2n) is 4.25. The number of aryl methyl sites for hydroxylation is 1. The van der Waals surface area contributed by atoms with Gasteiger partial charge >= 0.3 is 5.97 Å². The molecule has 0 N–H and O–H groups in total. The third kappa shape index (κ3) is 8.26. The van der Waals surface area contributed by atoms with E-state index in [4.69, 9.17) is 8.92 Å². The Balaban J connectivity index is 0.00000155. The molecule has 4 nitrogen and oxygen atoms in total. The summed E-state index contributed by atoms with van der Waals surface area (Å²) in [6.45, 7) is 7.59. The molecule has 0 unspecified atom stereocenters. The van der Waals surface area contributed by atoms with E-state index < -0.39 is 0 Å². The van der Waals surface area contributed by atoms with E-state index in [0.29, 0.717) is 11.4 Å². The minimum atomic E-state index is -0.318. The van der Waals surface area contributed by atoms with Crippen LogP contribution in [0.25, 0.3) is 0 Å². The number of carbonyl (C=O) groups excluding carboxylic acids is 1. The summed E-state index contributed by atoms with van der Waals surface area (Å²) in [5, 5.41) is 0. The van der Waals surface area contributed by atoms with Crippen LogP contribution in [-0.4, -0.2) is 11.0 Å². The Morgan fingerprint density at radius 3 is 2.30 bits per heavy atom. The van der Waals surface area contributed by atoms with Gasteiger partial charge in [-0.05, 0) is 31.2 Å². The highest BCUT2D eigenvalue weighted by Crippen LogP contribution is 2.23. The fourth-order valence-corrected chi connectivity index (χ4v) is 1.95. The zero-order valence-electron chi connectivity index (χ0n) is 13.3. The molecule has 0 radical (unpaired) electrons. The number of hydrogen-bond acceptors (Lipinski definition) is 5. The molecule has 1 heterocycles. The highest BCUT2D eigenvalue weighted by atomic mass is 32.2. The Morgan fingerprint density at radius 2 is 1.78 bits per heavy atom. The summed E-state index contributed by atoms with van der Waals surface area (Å²) >= 11 is 1.28. The van der Waals surface area contributed by atoms with E-state index in [1.54, 1.807) is 18.3 Å². The summed E-state index contributed by atoms with van der Waals surface area (Å²) in [6, 6.07) is 11.6. The SMILES string of the molecule is C.CC.CC(=O)OCc1ccc(OSc2ccc(C)cc2)cn1. The summed E-state index contributed by atoms with van der Waals surface area (Å²) < 4.78 is 10.4. The van der Waals surface area contributed by atoms with Gasteiger partial charge in [0, 0.05) is 11.8 Å².